The summed E-state index contributed by atoms with van der Waals surface area (Å²) in [5.41, 5.74) is 1.18. The minimum atomic E-state index is -2.91. The van der Waals surface area contributed by atoms with Crippen LogP contribution in [0.3, 0.4) is 0 Å². The van der Waals surface area contributed by atoms with Crippen LogP contribution in [0.1, 0.15) is 29.9 Å². The first kappa shape index (κ1) is 13.5. The van der Waals surface area contributed by atoms with Crippen LogP contribution >= 0.6 is 0 Å². The van der Waals surface area contributed by atoms with Crippen LogP contribution in [0.5, 0.6) is 5.75 Å². The van der Waals surface area contributed by atoms with Crippen LogP contribution in [-0.2, 0) is 14.3 Å². The number of benzene rings is 1. The van der Waals surface area contributed by atoms with Crippen LogP contribution in [0, 0.1) is 6.92 Å². The summed E-state index contributed by atoms with van der Waals surface area (Å²) in [5, 5.41) is 0. The molecule has 1 heterocycles. The maximum Gasteiger partial charge on any atom is 0.387 e. The fourth-order valence-electron chi connectivity index (χ4n) is 2.01. The van der Waals surface area contributed by atoms with Gasteiger partial charge in [0.2, 0.25) is 0 Å². The molecule has 6 heteroatoms. The van der Waals surface area contributed by atoms with Gasteiger partial charge in [-0.15, -0.1) is 0 Å². The highest BCUT2D eigenvalue weighted by molar-refractivity contribution is 5.89. The molecule has 0 atom stereocenters. The Morgan fingerprint density at radius 1 is 1.26 bits per heavy atom. The van der Waals surface area contributed by atoms with Crippen molar-refractivity contribution < 1.29 is 27.8 Å². The van der Waals surface area contributed by atoms with Crippen LogP contribution in [0.2, 0.25) is 0 Å². The molecule has 1 aliphatic rings. The molecule has 102 valence electrons. The first-order chi connectivity index (χ1) is 8.95. The number of carbonyl (C=O) groups excluding carboxylic acids is 2. The molecule has 1 aromatic carbocycles. The molecule has 0 saturated carbocycles. The molecule has 2 rings (SSSR count). The summed E-state index contributed by atoms with van der Waals surface area (Å²) >= 11 is 0. The normalized spacial score (nSPS) is 16.6. The Kier molecular flexibility index (Phi) is 3.78. The number of esters is 2. The highest BCUT2D eigenvalue weighted by atomic mass is 19.3. The number of halogens is 2. The van der Waals surface area contributed by atoms with E-state index < -0.39 is 18.6 Å². The van der Waals surface area contributed by atoms with Gasteiger partial charge in [0.25, 0.3) is 0 Å². The second-order valence-electron chi connectivity index (χ2n) is 4.35. The van der Waals surface area contributed by atoms with E-state index in [0.717, 1.165) is 0 Å². The largest absolute Gasteiger partial charge is 0.435 e. The van der Waals surface area contributed by atoms with Gasteiger partial charge in [-0.25, -0.2) is 0 Å². The van der Waals surface area contributed by atoms with E-state index in [2.05, 4.69) is 9.47 Å². The molecule has 0 bridgehead atoms. The van der Waals surface area contributed by atoms with Gasteiger partial charge in [0, 0.05) is 5.92 Å². The zero-order chi connectivity index (χ0) is 14.0. The summed E-state index contributed by atoms with van der Waals surface area (Å²) in [6.45, 7) is -1.27. The van der Waals surface area contributed by atoms with E-state index in [9.17, 15) is 18.4 Å². The molecule has 1 fully saturated rings. The van der Waals surface area contributed by atoms with Gasteiger partial charge in [-0.1, -0.05) is 12.1 Å². The second kappa shape index (κ2) is 5.34. The Bertz CT molecular complexity index is 497. The lowest BCUT2D eigenvalue weighted by atomic mass is 9.90. The number of hydrogen-bond donors (Lipinski definition) is 0. The highest BCUT2D eigenvalue weighted by Gasteiger charge is 2.28. The zero-order valence-electron chi connectivity index (χ0n) is 10.2. The fraction of sp³-hybridized carbons (Fsp3) is 0.385. The molecule has 1 aliphatic heterocycles. The average molecular weight is 270 g/mol. The van der Waals surface area contributed by atoms with E-state index >= 15 is 0 Å². The Hall–Kier alpha value is -1.98. The van der Waals surface area contributed by atoms with Crippen molar-refractivity contribution >= 4 is 11.9 Å². The van der Waals surface area contributed by atoms with Gasteiger partial charge in [-0.05, 0) is 24.1 Å². The summed E-state index contributed by atoms with van der Waals surface area (Å²) in [6.07, 6.45) is 0.117. The quantitative estimate of drug-likeness (QED) is 0.625. The number of cyclic esters (lactones) is 2. The maximum atomic E-state index is 12.2. The minimum Gasteiger partial charge on any atom is -0.435 e. The van der Waals surface area contributed by atoms with Crippen LogP contribution in [0.25, 0.3) is 0 Å². The van der Waals surface area contributed by atoms with Gasteiger partial charge in [0.05, 0.1) is 12.8 Å². The number of rotatable bonds is 3. The van der Waals surface area contributed by atoms with Crippen molar-refractivity contribution in [2.45, 2.75) is 32.3 Å². The molecule has 19 heavy (non-hydrogen) atoms. The van der Waals surface area contributed by atoms with E-state index in [0.29, 0.717) is 11.1 Å². The fourth-order valence-corrected chi connectivity index (χ4v) is 2.01. The molecule has 1 aromatic rings. The number of aryl methyl sites for hydroxylation is 1. The molecule has 0 N–H and O–H groups in total. The second-order valence-corrected chi connectivity index (χ2v) is 4.35. The molecule has 1 saturated heterocycles. The number of carbonyl (C=O) groups is 2. The highest BCUT2D eigenvalue weighted by Crippen LogP contribution is 2.32. The van der Waals surface area contributed by atoms with Gasteiger partial charge < -0.3 is 9.47 Å². The third kappa shape index (κ3) is 3.27. The maximum absolute atomic E-state index is 12.2. The van der Waals surface area contributed by atoms with Gasteiger partial charge in [-0.2, -0.15) is 8.78 Å². The summed E-state index contributed by atoms with van der Waals surface area (Å²) in [5.74, 6) is -1.50. The lowest BCUT2D eigenvalue weighted by molar-refractivity contribution is -0.163. The van der Waals surface area contributed by atoms with Crippen molar-refractivity contribution in [2.24, 2.45) is 0 Å². The van der Waals surface area contributed by atoms with Crippen molar-refractivity contribution in [1.29, 1.82) is 0 Å². The summed E-state index contributed by atoms with van der Waals surface area (Å²) in [4.78, 5) is 22.4. The third-order valence-electron chi connectivity index (χ3n) is 2.95. The molecular formula is C13H12F2O4. The Morgan fingerprint density at radius 2 is 1.89 bits per heavy atom. The standard InChI is InChI=1S/C13H12F2O4/c1-7-2-3-8(4-10(7)18-13(14)15)9-5-11(16)19-12(17)6-9/h2-4,9,13H,5-6H2,1H3. The molecular weight excluding hydrogens is 258 g/mol. The summed E-state index contributed by atoms with van der Waals surface area (Å²) < 4.78 is 33.3. The smallest absolute Gasteiger partial charge is 0.387 e. The van der Waals surface area contributed by atoms with E-state index in [1.54, 1.807) is 19.1 Å². The van der Waals surface area contributed by atoms with Crippen molar-refractivity contribution in [2.75, 3.05) is 0 Å². The first-order valence-electron chi connectivity index (χ1n) is 5.74. The van der Waals surface area contributed by atoms with Crippen molar-refractivity contribution in [3.63, 3.8) is 0 Å². The van der Waals surface area contributed by atoms with Crippen LogP contribution in [-0.4, -0.2) is 18.6 Å². The molecule has 0 aliphatic carbocycles. The average Bonchev–Trinajstić information content (AvgIpc) is 2.30. The molecule has 4 nitrogen and oxygen atoms in total. The zero-order valence-corrected chi connectivity index (χ0v) is 10.2. The minimum absolute atomic E-state index is 0.0545. The molecule has 0 radical (unpaired) electrons. The predicted molar refractivity (Wildman–Crippen MR) is 60.9 cm³/mol. The molecule has 0 unspecified atom stereocenters. The monoisotopic (exact) mass is 270 g/mol. The van der Waals surface area contributed by atoms with Crippen LogP contribution in [0.4, 0.5) is 8.78 Å². The Balaban J connectivity index is 2.24. The van der Waals surface area contributed by atoms with E-state index in [1.165, 1.54) is 6.07 Å². The number of alkyl halides is 2. The van der Waals surface area contributed by atoms with Gasteiger partial charge >= 0.3 is 18.6 Å². The van der Waals surface area contributed by atoms with Crippen molar-refractivity contribution in [1.82, 2.24) is 0 Å². The molecule has 0 spiro atoms. The number of hydrogen-bond acceptors (Lipinski definition) is 4. The van der Waals surface area contributed by atoms with E-state index in [-0.39, 0.29) is 24.5 Å². The Labute approximate surface area is 108 Å². The topological polar surface area (TPSA) is 52.6 Å². The van der Waals surface area contributed by atoms with E-state index in [1.807, 2.05) is 0 Å². The van der Waals surface area contributed by atoms with E-state index in [4.69, 9.17) is 0 Å². The van der Waals surface area contributed by atoms with Gasteiger partial charge in [-0.3, -0.25) is 9.59 Å². The van der Waals surface area contributed by atoms with Gasteiger partial charge in [0.15, 0.2) is 0 Å². The van der Waals surface area contributed by atoms with Crippen LogP contribution in [0.15, 0.2) is 18.2 Å². The first-order valence-corrected chi connectivity index (χ1v) is 5.74. The van der Waals surface area contributed by atoms with Crippen molar-refractivity contribution in [3.05, 3.63) is 29.3 Å². The lowest BCUT2D eigenvalue weighted by Crippen LogP contribution is -2.24. The Morgan fingerprint density at radius 3 is 2.47 bits per heavy atom. The summed E-state index contributed by atoms with van der Waals surface area (Å²) in [6, 6.07) is 4.76. The van der Waals surface area contributed by atoms with Gasteiger partial charge in [0.1, 0.15) is 5.75 Å². The lowest BCUT2D eigenvalue weighted by Gasteiger charge is -2.21. The summed E-state index contributed by atoms with van der Waals surface area (Å²) in [7, 11) is 0. The predicted octanol–water partition coefficient (Wildman–Crippen LogP) is 2.54. The molecule has 0 amide bonds. The van der Waals surface area contributed by atoms with Crippen LogP contribution < -0.4 is 4.74 Å². The third-order valence-corrected chi connectivity index (χ3v) is 2.95. The number of ether oxygens (including phenoxy) is 2. The molecule has 0 aromatic heterocycles. The SMILES string of the molecule is Cc1ccc(C2CC(=O)OC(=O)C2)cc1OC(F)F. The van der Waals surface area contributed by atoms with Crippen molar-refractivity contribution in [3.8, 4) is 5.75 Å².